The second-order valence-corrected chi connectivity index (χ2v) is 13.2. The molecule has 0 spiro atoms. The van der Waals surface area contributed by atoms with Crippen molar-refractivity contribution in [3.8, 4) is 0 Å². The van der Waals surface area contributed by atoms with E-state index in [0.717, 1.165) is 63.5 Å². The number of carbonyl (C=O) groups is 1. The lowest BCUT2D eigenvalue weighted by Crippen LogP contribution is -2.39. The number of aliphatic hydroxyl groups is 1. The Hall–Kier alpha value is -1.95. The van der Waals surface area contributed by atoms with Crippen molar-refractivity contribution in [2.24, 2.45) is 5.92 Å². The average Bonchev–Trinajstić information content (AvgIpc) is 2.98. The molecule has 1 saturated heterocycles. The molecular weight excluding hydrogens is 536 g/mol. The molecule has 0 saturated carbocycles. The lowest BCUT2D eigenvalue weighted by molar-refractivity contribution is -0.196. The van der Waals surface area contributed by atoms with Crippen LogP contribution in [0.25, 0.3) is 0 Å². The molecule has 5 nitrogen and oxygen atoms in total. The Morgan fingerprint density at radius 3 is 2.28 bits per heavy atom. The maximum absolute atomic E-state index is 13.2. The Bertz CT molecular complexity index is 881. The molecule has 1 aliphatic rings. The van der Waals surface area contributed by atoms with Crippen LogP contribution in [-0.2, 0) is 25.4 Å². The number of rotatable bonds is 22. The molecule has 1 aliphatic heterocycles. The third kappa shape index (κ3) is 18.5. The molecule has 1 fully saturated rings. The molecule has 244 valence electrons. The number of ether oxygens (including phenoxy) is 3. The van der Waals surface area contributed by atoms with Gasteiger partial charge in [-0.05, 0) is 90.5 Å². The summed E-state index contributed by atoms with van der Waals surface area (Å²) in [5, 5.41) is 11.4. The van der Waals surface area contributed by atoms with Crippen LogP contribution in [0.3, 0.4) is 0 Å². The zero-order chi connectivity index (χ0) is 31.2. The summed E-state index contributed by atoms with van der Waals surface area (Å²) in [6.45, 7) is 8.57. The van der Waals surface area contributed by atoms with Crippen molar-refractivity contribution in [1.82, 2.24) is 0 Å². The van der Waals surface area contributed by atoms with Gasteiger partial charge < -0.3 is 19.3 Å². The highest BCUT2D eigenvalue weighted by atomic mass is 16.7. The number of hydrogen-bond donors (Lipinski definition) is 1. The van der Waals surface area contributed by atoms with E-state index in [2.05, 4.69) is 31.2 Å². The van der Waals surface area contributed by atoms with E-state index in [4.69, 9.17) is 14.2 Å². The minimum absolute atomic E-state index is 0.156. The summed E-state index contributed by atoms with van der Waals surface area (Å²) in [5.74, 6) is -1.00. The van der Waals surface area contributed by atoms with Gasteiger partial charge in [0.1, 0.15) is 5.60 Å². The Morgan fingerprint density at radius 2 is 1.63 bits per heavy atom. The summed E-state index contributed by atoms with van der Waals surface area (Å²) in [5.41, 5.74) is 0.400. The van der Waals surface area contributed by atoms with Crippen LogP contribution >= 0.6 is 0 Å². The molecule has 1 heterocycles. The topological polar surface area (TPSA) is 65.0 Å². The number of benzene rings is 1. The summed E-state index contributed by atoms with van der Waals surface area (Å²) in [7, 11) is 0. The fourth-order valence-electron chi connectivity index (χ4n) is 5.51. The predicted molar refractivity (Wildman–Crippen MR) is 178 cm³/mol. The van der Waals surface area contributed by atoms with E-state index in [1.54, 1.807) is 0 Å². The molecule has 5 heteroatoms. The Kier molecular flexibility index (Phi) is 19.5. The van der Waals surface area contributed by atoms with E-state index in [9.17, 15) is 9.90 Å². The molecule has 4 atom stereocenters. The minimum Gasteiger partial charge on any atom is -0.460 e. The minimum atomic E-state index is -0.860. The molecule has 0 aromatic heterocycles. The second kappa shape index (κ2) is 22.5. The van der Waals surface area contributed by atoms with Crippen LogP contribution in [-0.4, -0.2) is 41.8 Å². The summed E-state index contributed by atoms with van der Waals surface area (Å²) in [4.78, 5) is 13.2. The van der Waals surface area contributed by atoms with Crippen molar-refractivity contribution >= 4 is 5.97 Å². The van der Waals surface area contributed by atoms with Crippen LogP contribution < -0.4 is 0 Å². The van der Waals surface area contributed by atoms with Gasteiger partial charge >= 0.3 is 5.97 Å². The van der Waals surface area contributed by atoms with E-state index in [1.165, 1.54) is 44.9 Å². The quantitative estimate of drug-likeness (QED) is 0.0818. The molecule has 1 aromatic carbocycles. The normalized spacial score (nSPS) is 18.2. The van der Waals surface area contributed by atoms with Crippen molar-refractivity contribution in [1.29, 1.82) is 0 Å². The number of unbranched alkanes of at least 4 members (excludes halogenated alkanes) is 8. The van der Waals surface area contributed by atoms with Gasteiger partial charge in [-0.25, -0.2) is 0 Å². The maximum Gasteiger partial charge on any atom is 0.312 e. The molecule has 4 unspecified atom stereocenters. The SMILES string of the molecule is CCCCC/C=C\C/C=C\CCCCCCCC(CC(O)C(Cc1ccccc1)C(=O)OC(C)(C)C)OC1CCCCO1. The molecule has 0 aliphatic carbocycles. The predicted octanol–water partition coefficient (Wildman–Crippen LogP) is 9.66. The summed E-state index contributed by atoms with van der Waals surface area (Å²) >= 11 is 0. The molecular formula is C38H62O5. The lowest BCUT2D eigenvalue weighted by atomic mass is 9.89. The van der Waals surface area contributed by atoms with Crippen molar-refractivity contribution < 1.29 is 24.1 Å². The lowest BCUT2D eigenvalue weighted by Gasteiger charge is -2.31. The van der Waals surface area contributed by atoms with E-state index in [0.29, 0.717) is 12.8 Å². The fourth-order valence-corrected chi connectivity index (χ4v) is 5.51. The first-order valence-corrected chi connectivity index (χ1v) is 17.3. The van der Waals surface area contributed by atoms with Crippen molar-refractivity contribution in [2.45, 2.75) is 161 Å². The Balaban J connectivity index is 1.82. The van der Waals surface area contributed by atoms with Gasteiger partial charge in [-0.15, -0.1) is 0 Å². The fraction of sp³-hybridized carbons (Fsp3) is 0.711. The van der Waals surface area contributed by atoms with Gasteiger partial charge in [0.05, 0.1) is 18.1 Å². The van der Waals surface area contributed by atoms with Gasteiger partial charge in [0, 0.05) is 13.0 Å². The van der Waals surface area contributed by atoms with Crippen LogP contribution in [0.4, 0.5) is 0 Å². The average molecular weight is 599 g/mol. The van der Waals surface area contributed by atoms with E-state index in [1.807, 2.05) is 51.1 Å². The van der Waals surface area contributed by atoms with Gasteiger partial charge in [-0.1, -0.05) is 100 Å². The van der Waals surface area contributed by atoms with E-state index < -0.39 is 17.6 Å². The second-order valence-electron chi connectivity index (χ2n) is 13.2. The Labute approximate surface area is 263 Å². The van der Waals surface area contributed by atoms with Crippen molar-refractivity contribution in [3.05, 3.63) is 60.2 Å². The molecule has 0 amide bonds. The van der Waals surface area contributed by atoms with Gasteiger partial charge in [-0.2, -0.15) is 0 Å². The standard InChI is InChI=1S/C38H62O5/c1-5-6-7-8-9-10-11-12-13-14-15-16-17-18-22-27-33(42-36-28-23-24-29-41-36)31-35(39)34(37(40)43-38(2,3)4)30-32-25-20-19-21-26-32/h9-10,12-13,19-21,25-26,33-36,39H,5-8,11,14-18,22-24,27-31H2,1-4H3/b10-9-,13-12-. The van der Waals surface area contributed by atoms with Gasteiger partial charge in [0.25, 0.3) is 0 Å². The maximum atomic E-state index is 13.2. The number of aliphatic hydroxyl groups excluding tert-OH is 1. The van der Waals surface area contributed by atoms with Crippen LogP contribution in [0, 0.1) is 5.92 Å². The monoisotopic (exact) mass is 598 g/mol. The summed E-state index contributed by atoms with van der Waals surface area (Å²) < 4.78 is 18.0. The zero-order valence-electron chi connectivity index (χ0n) is 27.8. The van der Waals surface area contributed by atoms with Crippen molar-refractivity contribution in [2.75, 3.05) is 6.61 Å². The largest absolute Gasteiger partial charge is 0.460 e. The first-order valence-electron chi connectivity index (χ1n) is 17.3. The number of allylic oxidation sites excluding steroid dienone is 4. The zero-order valence-corrected chi connectivity index (χ0v) is 27.8. The van der Waals surface area contributed by atoms with Gasteiger partial charge in [0.2, 0.25) is 0 Å². The highest BCUT2D eigenvalue weighted by molar-refractivity contribution is 5.74. The van der Waals surface area contributed by atoms with E-state index in [-0.39, 0.29) is 18.4 Å². The number of carbonyl (C=O) groups excluding carboxylic acids is 1. The first kappa shape index (κ1) is 37.2. The highest BCUT2D eigenvalue weighted by Gasteiger charge is 2.34. The summed E-state index contributed by atoms with van der Waals surface area (Å²) in [6.07, 6.45) is 25.9. The smallest absolute Gasteiger partial charge is 0.312 e. The van der Waals surface area contributed by atoms with Crippen LogP contribution in [0.1, 0.15) is 136 Å². The molecule has 1 N–H and O–H groups in total. The van der Waals surface area contributed by atoms with Crippen LogP contribution in [0.15, 0.2) is 54.6 Å². The Morgan fingerprint density at radius 1 is 0.953 bits per heavy atom. The molecule has 0 bridgehead atoms. The van der Waals surface area contributed by atoms with Crippen LogP contribution in [0.5, 0.6) is 0 Å². The van der Waals surface area contributed by atoms with Crippen LogP contribution in [0.2, 0.25) is 0 Å². The first-order chi connectivity index (χ1) is 20.8. The molecule has 1 aromatic rings. The highest BCUT2D eigenvalue weighted by Crippen LogP contribution is 2.26. The molecule has 0 radical (unpaired) electrons. The van der Waals surface area contributed by atoms with Gasteiger partial charge in [-0.3, -0.25) is 4.79 Å². The molecule has 43 heavy (non-hydrogen) atoms. The number of hydrogen-bond acceptors (Lipinski definition) is 5. The summed E-state index contributed by atoms with van der Waals surface area (Å²) in [6, 6.07) is 9.88. The third-order valence-electron chi connectivity index (χ3n) is 7.94. The van der Waals surface area contributed by atoms with E-state index >= 15 is 0 Å². The van der Waals surface area contributed by atoms with Gasteiger partial charge in [0.15, 0.2) is 6.29 Å². The number of esters is 1. The van der Waals surface area contributed by atoms with Crippen molar-refractivity contribution in [3.63, 3.8) is 0 Å². The third-order valence-corrected chi connectivity index (χ3v) is 7.94. The molecule has 2 rings (SSSR count).